The standard InChI is InChI=1S/C22H28N4O4/c1-25(2)21(28)17-10-11-19(30-4)18(14-17)24-20(27)12-13-23-22(29)26(3)15-16-8-6-5-7-9-16/h5-11,14H,12-13,15H2,1-4H3,(H,23,29)(H,24,27). The Labute approximate surface area is 176 Å². The van der Waals surface area contributed by atoms with E-state index in [1.54, 1.807) is 44.2 Å². The van der Waals surface area contributed by atoms with Crippen LogP contribution in [0, 0.1) is 0 Å². The number of nitrogens with zero attached hydrogens (tertiary/aromatic N) is 2. The zero-order valence-corrected chi connectivity index (χ0v) is 17.8. The van der Waals surface area contributed by atoms with E-state index in [0.29, 0.717) is 23.5 Å². The molecule has 0 spiro atoms. The highest BCUT2D eigenvalue weighted by atomic mass is 16.5. The molecule has 0 atom stereocenters. The molecular weight excluding hydrogens is 384 g/mol. The van der Waals surface area contributed by atoms with E-state index in [1.807, 2.05) is 30.3 Å². The number of anilines is 1. The Morgan fingerprint density at radius 1 is 1.00 bits per heavy atom. The number of amides is 4. The molecule has 0 radical (unpaired) electrons. The Balaban J connectivity index is 1.87. The second-order valence-corrected chi connectivity index (χ2v) is 6.99. The maximum absolute atomic E-state index is 12.3. The second kappa shape index (κ2) is 10.8. The van der Waals surface area contributed by atoms with Crippen molar-refractivity contribution in [3.8, 4) is 5.75 Å². The first-order valence-electron chi connectivity index (χ1n) is 9.54. The first-order chi connectivity index (χ1) is 14.3. The molecule has 8 nitrogen and oxygen atoms in total. The molecule has 0 unspecified atom stereocenters. The molecule has 8 heteroatoms. The number of nitrogens with one attached hydrogen (secondary N) is 2. The predicted octanol–water partition coefficient (Wildman–Crippen LogP) is 2.57. The molecule has 2 rings (SSSR count). The van der Waals surface area contributed by atoms with Crippen molar-refractivity contribution in [2.24, 2.45) is 0 Å². The number of rotatable bonds is 8. The molecule has 0 heterocycles. The highest BCUT2D eigenvalue weighted by Crippen LogP contribution is 2.26. The van der Waals surface area contributed by atoms with Gasteiger partial charge in [0.1, 0.15) is 5.75 Å². The van der Waals surface area contributed by atoms with Crippen molar-refractivity contribution in [2.75, 3.05) is 40.1 Å². The van der Waals surface area contributed by atoms with E-state index in [-0.39, 0.29) is 30.8 Å². The van der Waals surface area contributed by atoms with Crippen LogP contribution in [0.15, 0.2) is 48.5 Å². The number of benzene rings is 2. The SMILES string of the molecule is COc1ccc(C(=O)N(C)C)cc1NC(=O)CCNC(=O)N(C)Cc1ccccc1. The smallest absolute Gasteiger partial charge is 0.317 e. The maximum Gasteiger partial charge on any atom is 0.317 e. The molecule has 0 fully saturated rings. The number of hydrogen-bond acceptors (Lipinski definition) is 4. The molecule has 30 heavy (non-hydrogen) atoms. The van der Waals surface area contributed by atoms with E-state index in [2.05, 4.69) is 10.6 Å². The highest BCUT2D eigenvalue weighted by Gasteiger charge is 2.14. The lowest BCUT2D eigenvalue weighted by atomic mass is 10.1. The van der Waals surface area contributed by atoms with Gasteiger partial charge in [-0.05, 0) is 23.8 Å². The van der Waals surface area contributed by atoms with Crippen LogP contribution in [-0.4, -0.2) is 62.4 Å². The Hall–Kier alpha value is -3.55. The van der Waals surface area contributed by atoms with Crippen molar-refractivity contribution in [2.45, 2.75) is 13.0 Å². The molecule has 0 saturated heterocycles. The van der Waals surface area contributed by atoms with E-state index >= 15 is 0 Å². The summed E-state index contributed by atoms with van der Waals surface area (Å²) >= 11 is 0. The van der Waals surface area contributed by atoms with Crippen LogP contribution in [0.4, 0.5) is 10.5 Å². The van der Waals surface area contributed by atoms with Gasteiger partial charge in [-0.15, -0.1) is 0 Å². The number of hydrogen-bond donors (Lipinski definition) is 2. The Bertz CT molecular complexity index is 884. The number of urea groups is 1. The molecule has 0 saturated carbocycles. The van der Waals surface area contributed by atoms with Gasteiger partial charge in [0.2, 0.25) is 5.91 Å². The molecule has 0 aliphatic heterocycles. The Morgan fingerprint density at radius 3 is 2.33 bits per heavy atom. The van der Waals surface area contributed by atoms with Crippen molar-refractivity contribution in [3.63, 3.8) is 0 Å². The summed E-state index contributed by atoms with van der Waals surface area (Å²) in [6.45, 7) is 0.658. The van der Waals surface area contributed by atoms with Gasteiger partial charge in [0.05, 0.1) is 12.8 Å². The molecule has 0 aliphatic carbocycles. The van der Waals surface area contributed by atoms with Gasteiger partial charge in [0, 0.05) is 46.2 Å². The van der Waals surface area contributed by atoms with E-state index in [4.69, 9.17) is 4.74 Å². The van der Waals surface area contributed by atoms with Gasteiger partial charge in [-0.25, -0.2) is 4.79 Å². The minimum atomic E-state index is -0.297. The third-order valence-electron chi connectivity index (χ3n) is 4.36. The van der Waals surface area contributed by atoms with Gasteiger partial charge in [0.25, 0.3) is 5.91 Å². The average molecular weight is 412 g/mol. The van der Waals surface area contributed by atoms with E-state index in [0.717, 1.165) is 5.56 Å². The van der Waals surface area contributed by atoms with Crippen molar-refractivity contribution in [1.82, 2.24) is 15.1 Å². The fourth-order valence-electron chi connectivity index (χ4n) is 2.76. The number of carbonyl (C=O) groups is 3. The summed E-state index contributed by atoms with van der Waals surface area (Å²) in [5.74, 6) is -0.0269. The molecule has 2 N–H and O–H groups in total. The predicted molar refractivity (Wildman–Crippen MR) is 116 cm³/mol. The number of methoxy groups -OCH3 is 1. The van der Waals surface area contributed by atoms with Crippen LogP contribution in [-0.2, 0) is 11.3 Å². The highest BCUT2D eigenvalue weighted by molar-refractivity contribution is 5.98. The lowest BCUT2D eigenvalue weighted by Crippen LogP contribution is -2.38. The van der Waals surface area contributed by atoms with E-state index in [1.165, 1.54) is 12.0 Å². The van der Waals surface area contributed by atoms with Crippen LogP contribution < -0.4 is 15.4 Å². The summed E-state index contributed by atoms with van der Waals surface area (Å²) in [6, 6.07) is 14.2. The third kappa shape index (κ3) is 6.51. The van der Waals surface area contributed by atoms with Crippen LogP contribution in [0.1, 0.15) is 22.3 Å². The molecule has 4 amide bonds. The van der Waals surface area contributed by atoms with Crippen LogP contribution in [0.3, 0.4) is 0 Å². The van der Waals surface area contributed by atoms with Crippen molar-refractivity contribution >= 4 is 23.5 Å². The van der Waals surface area contributed by atoms with Gasteiger partial charge in [-0.1, -0.05) is 30.3 Å². The Kier molecular flexibility index (Phi) is 8.22. The lowest BCUT2D eigenvalue weighted by molar-refractivity contribution is -0.116. The van der Waals surface area contributed by atoms with Crippen molar-refractivity contribution in [3.05, 3.63) is 59.7 Å². The summed E-state index contributed by atoms with van der Waals surface area (Å²) in [4.78, 5) is 39.6. The van der Waals surface area contributed by atoms with Crippen LogP contribution >= 0.6 is 0 Å². The number of ether oxygens (including phenoxy) is 1. The summed E-state index contributed by atoms with van der Waals surface area (Å²) < 4.78 is 5.26. The maximum atomic E-state index is 12.3. The first kappa shape index (κ1) is 22.7. The fourth-order valence-corrected chi connectivity index (χ4v) is 2.76. The van der Waals surface area contributed by atoms with Gasteiger partial charge >= 0.3 is 6.03 Å². The van der Waals surface area contributed by atoms with Gasteiger partial charge in [-0.2, -0.15) is 0 Å². The summed E-state index contributed by atoms with van der Waals surface area (Å²) in [6.07, 6.45) is 0.0833. The van der Waals surface area contributed by atoms with Gasteiger partial charge < -0.3 is 25.2 Å². The zero-order valence-electron chi connectivity index (χ0n) is 17.8. The molecule has 0 aromatic heterocycles. The molecule has 160 valence electrons. The van der Waals surface area contributed by atoms with Crippen LogP contribution in [0.25, 0.3) is 0 Å². The van der Waals surface area contributed by atoms with E-state index in [9.17, 15) is 14.4 Å². The second-order valence-electron chi connectivity index (χ2n) is 6.99. The van der Waals surface area contributed by atoms with Crippen molar-refractivity contribution < 1.29 is 19.1 Å². The van der Waals surface area contributed by atoms with Crippen LogP contribution in [0.5, 0.6) is 5.75 Å². The van der Waals surface area contributed by atoms with Crippen molar-refractivity contribution in [1.29, 1.82) is 0 Å². The molecule has 2 aromatic rings. The monoisotopic (exact) mass is 412 g/mol. The zero-order chi connectivity index (χ0) is 22.1. The van der Waals surface area contributed by atoms with Gasteiger partial charge in [0.15, 0.2) is 0 Å². The molecule has 0 aliphatic rings. The van der Waals surface area contributed by atoms with Crippen LogP contribution in [0.2, 0.25) is 0 Å². The normalized spacial score (nSPS) is 10.1. The summed E-state index contributed by atoms with van der Waals surface area (Å²) in [5.41, 5.74) is 1.86. The number of carbonyl (C=O) groups excluding carboxylic acids is 3. The summed E-state index contributed by atoms with van der Waals surface area (Å²) in [7, 11) is 6.49. The minimum Gasteiger partial charge on any atom is -0.495 e. The lowest BCUT2D eigenvalue weighted by Gasteiger charge is -2.18. The van der Waals surface area contributed by atoms with E-state index < -0.39 is 0 Å². The first-order valence-corrected chi connectivity index (χ1v) is 9.54. The molecule has 0 bridgehead atoms. The fraction of sp³-hybridized carbons (Fsp3) is 0.318. The Morgan fingerprint density at radius 2 is 1.70 bits per heavy atom. The topological polar surface area (TPSA) is 91.0 Å². The largest absolute Gasteiger partial charge is 0.495 e. The molecular formula is C22H28N4O4. The molecule has 2 aromatic carbocycles. The quantitative estimate of drug-likeness (QED) is 0.697. The average Bonchev–Trinajstić information content (AvgIpc) is 2.73. The third-order valence-corrected chi connectivity index (χ3v) is 4.36. The van der Waals surface area contributed by atoms with Gasteiger partial charge in [-0.3, -0.25) is 9.59 Å². The minimum absolute atomic E-state index is 0.0833. The summed E-state index contributed by atoms with van der Waals surface area (Å²) in [5, 5.41) is 5.47.